The smallest absolute Gasteiger partial charge is 0.123 e. The van der Waals surface area contributed by atoms with Gasteiger partial charge in [-0.3, -0.25) is 9.80 Å². The normalized spacial score (nSPS) is 17.8. The van der Waals surface area contributed by atoms with Gasteiger partial charge in [-0.05, 0) is 35.4 Å². The number of halogens is 2. The van der Waals surface area contributed by atoms with Crippen molar-refractivity contribution in [3.05, 3.63) is 68.6 Å². The van der Waals surface area contributed by atoms with Gasteiger partial charge in [-0.2, -0.15) is 10.5 Å². The first kappa shape index (κ1) is 19.1. The standard InChI is InChI=1S/C20H18Br2N4/c21-17-5-1-15(2-6-17)19(13-23)25-9-11-26(12-10-25)20(14-24)16-3-7-18(22)8-4-16/h1-8,19-20H,9-12H2/t19-,20+. The lowest BCUT2D eigenvalue weighted by molar-refractivity contribution is 0.0979. The average Bonchev–Trinajstić information content (AvgIpc) is 2.67. The van der Waals surface area contributed by atoms with Crippen LogP contribution in [0.1, 0.15) is 23.2 Å². The van der Waals surface area contributed by atoms with Crippen LogP contribution in [0, 0.1) is 22.7 Å². The van der Waals surface area contributed by atoms with Crippen molar-refractivity contribution in [3.8, 4) is 12.1 Å². The van der Waals surface area contributed by atoms with E-state index < -0.39 is 0 Å². The molecule has 0 saturated carbocycles. The summed E-state index contributed by atoms with van der Waals surface area (Å²) in [7, 11) is 0. The van der Waals surface area contributed by atoms with E-state index in [2.05, 4.69) is 53.8 Å². The van der Waals surface area contributed by atoms with Crippen LogP contribution in [-0.4, -0.2) is 36.0 Å². The van der Waals surface area contributed by atoms with Crippen molar-refractivity contribution in [3.63, 3.8) is 0 Å². The first-order chi connectivity index (χ1) is 12.6. The predicted molar refractivity (Wildman–Crippen MR) is 108 cm³/mol. The van der Waals surface area contributed by atoms with Crippen molar-refractivity contribution in [1.29, 1.82) is 10.5 Å². The second kappa shape index (κ2) is 8.79. The van der Waals surface area contributed by atoms with Crippen LogP contribution in [0.5, 0.6) is 0 Å². The Bertz CT molecular complexity index is 741. The monoisotopic (exact) mass is 472 g/mol. The Labute approximate surface area is 170 Å². The van der Waals surface area contributed by atoms with Crippen molar-refractivity contribution < 1.29 is 0 Å². The fourth-order valence-electron chi connectivity index (χ4n) is 3.28. The minimum absolute atomic E-state index is 0.251. The predicted octanol–water partition coefficient (Wildman–Crippen LogP) is 4.66. The molecule has 26 heavy (non-hydrogen) atoms. The van der Waals surface area contributed by atoms with Crippen LogP contribution in [0.3, 0.4) is 0 Å². The van der Waals surface area contributed by atoms with Crippen molar-refractivity contribution in [2.24, 2.45) is 0 Å². The number of hydrogen-bond donors (Lipinski definition) is 0. The molecule has 0 amide bonds. The number of benzene rings is 2. The van der Waals surface area contributed by atoms with Gasteiger partial charge in [0.05, 0.1) is 12.1 Å². The second-order valence-corrected chi connectivity index (χ2v) is 8.07. The van der Waals surface area contributed by atoms with Gasteiger partial charge in [0.25, 0.3) is 0 Å². The quantitative estimate of drug-likeness (QED) is 0.647. The van der Waals surface area contributed by atoms with Gasteiger partial charge in [0, 0.05) is 35.1 Å². The molecule has 1 aliphatic heterocycles. The molecule has 132 valence electrons. The largest absolute Gasteiger partial charge is 0.282 e. The van der Waals surface area contributed by atoms with Gasteiger partial charge in [0.15, 0.2) is 0 Å². The van der Waals surface area contributed by atoms with Crippen LogP contribution in [-0.2, 0) is 0 Å². The highest BCUT2D eigenvalue weighted by atomic mass is 79.9. The van der Waals surface area contributed by atoms with E-state index in [4.69, 9.17) is 0 Å². The summed E-state index contributed by atoms with van der Waals surface area (Å²) in [6, 6.07) is 20.2. The number of nitrogens with zero attached hydrogens (tertiary/aromatic N) is 4. The highest BCUT2D eigenvalue weighted by molar-refractivity contribution is 9.10. The summed E-state index contributed by atoms with van der Waals surface area (Å²) in [5.41, 5.74) is 2.02. The Balaban J connectivity index is 1.67. The fourth-order valence-corrected chi connectivity index (χ4v) is 3.81. The van der Waals surface area contributed by atoms with Gasteiger partial charge < -0.3 is 0 Å². The summed E-state index contributed by atoms with van der Waals surface area (Å²) in [5.74, 6) is 0. The van der Waals surface area contributed by atoms with E-state index in [9.17, 15) is 10.5 Å². The first-order valence-electron chi connectivity index (χ1n) is 8.40. The number of nitriles is 2. The van der Waals surface area contributed by atoms with E-state index in [1.54, 1.807) is 0 Å². The number of hydrogen-bond acceptors (Lipinski definition) is 4. The van der Waals surface area contributed by atoms with E-state index in [0.717, 1.165) is 46.3 Å². The first-order valence-corrected chi connectivity index (χ1v) is 9.99. The molecular formula is C20H18Br2N4. The van der Waals surface area contributed by atoms with Gasteiger partial charge in [0.2, 0.25) is 0 Å². The Hall–Kier alpha value is -1.70. The molecule has 1 fully saturated rings. The van der Waals surface area contributed by atoms with Crippen molar-refractivity contribution in [2.45, 2.75) is 12.1 Å². The number of piperazine rings is 1. The molecule has 0 spiro atoms. The SMILES string of the molecule is N#C[C@H](c1ccc(Br)cc1)N1CCN([C@@H](C#N)c2ccc(Br)cc2)CC1. The Kier molecular flexibility index (Phi) is 6.45. The molecule has 0 bridgehead atoms. The van der Waals surface area contributed by atoms with Crippen LogP contribution in [0.2, 0.25) is 0 Å². The van der Waals surface area contributed by atoms with E-state index in [-0.39, 0.29) is 12.1 Å². The third-order valence-electron chi connectivity index (χ3n) is 4.70. The molecule has 0 aliphatic carbocycles. The summed E-state index contributed by atoms with van der Waals surface area (Å²) in [6.45, 7) is 3.07. The van der Waals surface area contributed by atoms with Crippen LogP contribution < -0.4 is 0 Å². The molecular weight excluding hydrogens is 456 g/mol. The molecule has 2 aromatic rings. The summed E-state index contributed by atoms with van der Waals surface area (Å²) in [5, 5.41) is 19.3. The summed E-state index contributed by atoms with van der Waals surface area (Å²) >= 11 is 6.87. The van der Waals surface area contributed by atoms with Gasteiger partial charge >= 0.3 is 0 Å². The third-order valence-corrected chi connectivity index (χ3v) is 5.75. The van der Waals surface area contributed by atoms with Gasteiger partial charge in [-0.1, -0.05) is 56.1 Å². The molecule has 4 nitrogen and oxygen atoms in total. The molecule has 3 rings (SSSR count). The zero-order valence-electron chi connectivity index (χ0n) is 14.1. The molecule has 0 N–H and O–H groups in total. The van der Waals surface area contributed by atoms with E-state index in [1.165, 1.54) is 0 Å². The maximum atomic E-state index is 9.65. The van der Waals surface area contributed by atoms with E-state index in [0.29, 0.717) is 0 Å². The Morgan fingerprint density at radius 3 is 1.23 bits per heavy atom. The van der Waals surface area contributed by atoms with Crippen molar-refractivity contribution in [2.75, 3.05) is 26.2 Å². The molecule has 6 heteroatoms. The minimum atomic E-state index is -0.251. The molecule has 2 aromatic carbocycles. The lowest BCUT2D eigenvalue weighted by Crippen LogP contribution is -2.48. The van der Waals surface area contributed by atoms with Crippen LogP contribution in [0.25, 0.3) is 0 Å². The van der Waals surface area contributed by atoms with Gasteiger partial charge in [-0.25, -0.2) is 0 Å². The molecule has 0 aromatic heterocycles. The van der Waals surface area contributed by atoms with E-state index in [1.807, 2.05) is 48.5 Å². The molecule has 0 unspecified atom stereocenters. The van der Waals surface area contributed by atoms with Crippen LogP contribution in [0.4, 0.5) is 0 Å². The highest BCUT2D eigenvalue weighted by Gasteiger charge is 2.29. The molecule has 1 heterocycles. The van der Waals surface area contributed by atoms with Crippen molar-refractivity contribution >= 4 is 31.9 Å². The lowest BCUT2D eigenvalue weighted by atomic mass is 10.0. The molecule has 1 aliphatic rings. The minimum Gasteiger partial charge on any atom is -0.282 e. The average molecular weight is 474 g/mol. The van der Waals surface area contributed by atoms with E-state index >= 15 is 0 Å². The fraction of sp³-hybridized carbons (Fsp3) is 0.300. The Morgan fingerprint density at radius 2 is 0.962 bits per heavy atom. The summed E-state index contributed by atoms with van der Waals surface area (Å²) < 4.78 is 2.02. The topological polar surface area (TPSA) is 54.1 Å². The maximum absolute atomic E-state index is 9.65. The van der Waals surface area contributed by atoms with Gasteiger partial charge in [-0.15, -0.1) is 0 Å². The lowest BCUT2D eigenvalue weighted by Gasteiger charge is -2.38. The van der Waals surface area contributed by atoms with Crippen LogP contribution >= 0.6 is 31.9 Å². The zero-order chi connectivity index (χ0) is 18.5. The molecule has 2 atom stereocenters. The molecule has 1 saturated heterocycles. The molecule has 0 radical (unpaired) electrons. The third kappa shape index (κ3) is 4.34. The summed E-state index contributed by atoms with van der Waals surface area (Å²) in [6.07, 6.45) is 0. The Morgan fingerprint density at radius 1 is 0.654 bits per heavy atom. The zero-order valence-corrected chi connectivity index (χ0v) is 17.3. The number of rotatable bonds is 4. The highest BCUT2D eigenvalue weighted by Crippen LogP contribution is 2.27. The van der Waals surface area contributed by atoms with Gasteiger partial charge in [0.1, 0.15) is 12.1 Å². The second-order valence-electron chi connectivity index (χ2n) is 6.24. The van der Waals surface area contributed by atoms with Crippen molar-refractivity contribution in [1.82, 2.24) is 9.80 Å². The maximum Gasteiger partial charge on any atom is 0.123 e. The summed E-state index contributed by atoms with van der Waals surface area (Å²) in [4.78, 5) is 4.38. The van der Waals surface area contributed by atoms with Crippen LogP contribution in [0.15, 0.2) is 57.5 Å².